The van der Waals surface area contributed by atoms with E-state index >= 15 is 0 Å². The van der Waals surface area contributed by atoms with Crippen LogP contribution in [0.25, 0.3) is 0 Å². The van der Waals surface area contributed by atoms with Gasteiger partial charge in [-0.25, -0.2) is 0 Å². The number of nitrogens with zero attached hydrogens (tertiary/aromatic N) is 2. The Bertz CT molecular complexity index is 915. The molecule has 14 heteroatoms. The van der Waals surface area contributed by atoms with E-state index < -0.39 is 30.5 Å². The van der Waals surface area contributed by atoms with Gasteiger partial charge in [-0.2, -0.15) is 26.3 Å². The van der Waals surface area contributed by atoms with Gasteiger partial charge in [-0.3, -0.25) is 14.5 Å². The Kier molecular flexibility index (Phi) is 8.43. The van der Waals surface area contributed by atoms with Gasteiger partial charge in [-0.05, 0) is 24.1 Å². The van der Waals surface area contributed by atoms with Crippen molar-refractivity contribution in [1.82, 2.24) is 15.5 Å². The van der Waals surface area contributed by atoms with Crippen molar-refractivity contribution < 1.29 is 40.7 Å². The fraction of sp³-hybridized carbons (Fsp3) is 0.619. The number of esters is 1. The smallest absolute Gasteiger partial charge is 0.434 e. The molecule has 3 rings (SSSR count). The van der Waals surface area contributed by atoms with Gasteiger partial charge in [0.15, 0.2) is 0 Å². The Morgan fingerprint density at radius 3 is 2.51 bits per heavy atom. The molecule has 2 saturated heterocycles. The molecule has 2 atom stereocenters. The largest absolute Gasteiger partial charge is 0.442 e. The molecule has 0 spiro atoms. The summed E-state index contributed by atoms with van der Waals surface area (Å²) in [6.07, 6.45) is -15.1. The average molecular weight is 531 g/mol. The summed E-state index contributed by atoms with van der Waals surface area (Å²) in [5.74, 6) is -1.78. The average Bonchev–Trinajstić information content (AvgIpc) is 3.19. The first kappa shape index (κ1) is 27.3. The number of anilines is 1. The van der Waals surface area contributed by atoms with Crippen LogP contribution in [-0.4, -0.2) is 80.0 Å². The lowest BCUT2D eigenvalue weighted by Gasteiger charge is -2.36. The quantitative estimate of drug-likeness (QED) is 0.435. The third kappa shape index (κ3) is 7.14. The zero-order chi connectivity index (χ0) is 26.0. The molecule has 2 unspecified atom stereocenters. The van der Waals surface area contributed by atoms with Crippen molar-refractivity contribution in [1.29, 1.82) is 0 Å². The molecule has 0 radical (unpaired) electrons. The molecule has 35 heavy (non-hydrogen) atoms. The fourth-order valence-corrected chi connectivity index (χ4v) is 4.42. The fourth-order valence-electron chi connectivity index (χ4n) is 4.25. The topological polar surface area (TPSA) is 73.9 Å². The van der Waals surface area contributed by atoms with Crippen LogP contribution >= 0.6 is 11.6 Å². The Balaban J connectivity index is 1.78. The van der Waals surface area contributed by atoms with Crippen LogP contribution in [0.2, 0.25) is 5.02 Å². The highest BCUT2D eigenvalue weighted by Crippen LogP contribution is 2.36. The van der Waals surface area contributed by atoms with Crippen molar-refractivity contribution in [2.45, 2.75) is 50.4 Å². The van der Waals surface area contributed by atoms with Crippen LogP contribution in [0, 0.1) is 0 Å². The SMILES string of the molecule is CC(=O)NC1CCN(c2cc(Cl)ccc2CN2CCNCC2C(=O)OC(C(F)(F)F)C(F)(F)F)C1. The summed E-state index contributed by atoms with van der Waals surface area (Å²) in [6, 6.07) is 3.57. The number of carbonyl (C=O) groups excluding carboxylic acids is 2. The Morgan fingerprint density at radius 2 is 1.89 bits per heavy atom. The minimum absolute atomic E-state index is 0.0674. The first-order valence-electron chi connectivity index (χ1n) is 10.8. The molecule has 2 heterocycles. The maximum Gasteiger partial charge on any atom is 0.434 e. The number of nitrogens with one attached hydrogen (secondary N) is 2. The number of carbonyl (C=O) groups is 2. The van der Waals surface area contributed by atoms with Crippen LogP contribution in [0.4, 0.5) is 32.0 Å². The Labute approximate surface area is 202 Å². The molecule has 1 amide bonds. The first-order chi connectivity index (χ1) is 16.3. The standard InChI is InChI=1S/C21H25ClF6N4O3/c1-12(33)30-15-4-6-31(11-15)16-8-14(22)3-2-13(16)10-32-7-5-29-9-17(32)18(34)35-19(20(23,24)25)21(26,27)28/h2-3,8,15,17,19,29H,4-7,9-11H2,1H3,(H,30,33). The number of hydrogen-bond acceptors (Lipinski definition) is 6. The highest BCUT2D eigenvalue weighted by atomic mass is 35.5. The summed E-state index contributed by atoms with van der Waals surface area (Å²) >= 11 is 6.17. The number of rotatable bonds is 6. The third-order valence-corrected chi connectivity index (χ3v) is 6.05. The molecule has 2 aliphatic heterocycles. The lowest BCUT2D eigenvalue weighted by atomic mass is 10.1. The molecule has 0 aliphatic carbocycles. The van der Waals surface area contributed by atoms with E-state index in [1.807, 2.05) is 4.90 Å². The van der Waals surface area contributed by atoms with Crippen LogP contribution < -0.4 is 15.5 Å². The van der Waals surface area contributed by atoms with Gasteiger partial charge in [0.1, 0.15) is 6.04 Å². The third-order valence-electron chi connectivity index (χ3n) is 5.81. The summed E-state index contributed by atoms with van der Waals surface area (Å²) in [7, 11) is 0. The van der Waals surface area contributed by atoms with Gasteiger partial charge in [0.2, 0.25) is 5.91 Å². The molecule has 2 aliphatic rings. The van der Waals surface area contributed by atoms with E-state index in [2.05, 4.69) is 15.4 Å². The zero-order valence-electron chi connectivity index (χ0n) is 18.7. The highest BCUT2D eigenvalue weighted by molar-refractivity contribution is 6.30. The summed E-state index contributed by atoms with van der Waals surface area (Å²) in [6.45, 7) is 2.99. The predicted molar refractivity (Wildman–Crippen MR) is 115 cm³/mol. The van der Waals surface area contributed by atoms with Gasteiger partial charge in [-0.15, -0.1) is 0 Å². The molecule has 0 aromatic heterocycles. The maximum absolute atomic E-state index is 12.9. The highest BCUT2D eigenvalue weighted by Gasteiger charge is 2.60. The van der Waals surface area contributed by atoms with Gasteiger partial charge in [0.05, 0.1) is 0 Å². The van der Waals surface area contributed by atoms with Crippen molar-refractivity contribution in [3.05, 3.63) is 28.8 Å². The number of halogens is 7. The molecule has 0 saturated carbocycles. The van der Waals surface area contributed by atoms with Crippen molar-refractivity contribution in [3.63, 3.8) is 0 Å². The number of amides is 1. The Morgan fingerprint density at radius 1 is 1.20 bits per heavy atom. The van der Waals surface area contributed by atoms with E-state index in [1.54, 1.807) is 18.2 Å². The van der Waals surface area contributed by atoms with Crippen molar-refractivity contribution >= 4 is 29.2 Å². The van der Waals surface area contributed by atoms with Crippen LogP contribution in [0.15, 0.2) is 18.2 Å². The van der Waals surface area contributed by atoms with Crippen LogP contribution in [0.1, 0.15) is 18.9 Å². The summed E-state index contributed by atoms with van der Waals surface area (Å²) in [5, 5.41) is 6.08. The molecule has 0 bridgehead atoms. The number of benzene rings is 1. The van der Waals surface area contributed by atoms with Gasteiger partial charge < -0.3 is 20.3 Å². The van der Waals surface area contributed by atoms with Crippen LogP contribution in [0.3, 0.4) is 0 Å². The Hall–Kier alpha value is -2.25. The van der Waals surface area contributed by atoms with Gasteiger partial charge in [0.25, 0.3) is 6.10 Å². The number of alkyl halides is 6. The summed E-state index contributed by atoms with van der Waals surface area (Å²) < 4.78 is 81.3. The van der Waals surface area contributed by atoms with E-state index in [-0.39, 0.29) is 31.6 Å². The molecule has 2 fully saturated rings. The van der Waals surface area contributed by atoms with Gasteiger partial charge in [0, 0.05) is 62.9 Å². The molecular weight excluding hydrogens is 506 g/mol. The normalized spacial score (nSPS) is 21.9. The maximum atomic E-state index is 12.9. The van der Waals surface area contributed by atoms with E-state index in [1.165, 1.54) is 11.8 Å². The lowest BCUT2D eigenvalue weighted by molar-refractivity contribution is -0.314. The number of piperazine rings is 1. The van der Waals surface area contributed by atoms with E-state index in [0.29, 0.717) is 42.3 Å². The zero-order valence-corrected chi connectivity index (χ0v) is 19.4. The summed E-state index contributed by atoms with van der Waals surface area (Å²) in [4.78, 5) is 27.3. The van der Waals surface area contributed by atoms with Gasteiger partial charge >= 0.3 is 18.3 Å². The predicted octanol–water partition coefficient (Wildman–Crippen LogP) is 2.87. The number of ether oxygens (including phenoxy) is 1. The first-order valence-corrected chi connectivity index (χ1v) is 11.2. The minimum atomic E-state index is -5.79. The van der Waals surface area contributed by atoms with Crippen molar-refractivity contribution in [2.24, 2.45) is 0 Å². The monoisotopic (exact) mass is 530 g/mol. The van der Waals surface area contributed by atoms with E-state index in [9.17, 15) is 35.9 Å². The molecule has 1 aromatic carbocycles. The minimum Gasteiger partial charge on any atom is -0.442 e. The molecule has 1 aromatic rings. The van der Waals surface area contributed by atoms with E-state index in [0.717, 1.165) is 0 Å². The van der Waals surface area contributed by atoms with E-state index in [4.69, 9.17) is 11.6 Å². The molecule has 196 valence electrons. The lowest BCUT2D eigenvalue weighted by Crippen LogP contribution is -2.57. The molecular formula is C21H25ClF6N4O3. The second kappa shape index (κ2) is 10.8. The van der Waals surface area contributed by atoms with Crippen LogP contribution in [0.5, 0.6) is 0 Å². The molecule has 2 N–H and O–H groups in total. The summed E-state index contributed by atoms with van der Waals surface area (Å²) in [5.41, 5.74) is 1.39. The van der Waals surface area contributed by atoms with Crippen molar-refractivity contribution in [3.8, 4) is 0 Å². The second-order valence-electron chi connectivity index (χ2n) is 8.50. The second-order valence-corrected chi connectivity index (χ2v) is 8.93. The number of hydrogen-bond donors (Lipinski definition) is 2. The molecule has 7 nitrogen and oxygen atoms in total. The van der Waals surface area contributed by atoms with Crippen LogP contribution in [-0.2, 0) is 20.9 Å². The van der Waals surface area contributed by atoms with Gasteiger partial charge in [-0.1, -0.05) is 17.7 Å². The van der Waals surface area contributed by atoms with Crippen molar-refractivity contribution in [2.75, 3.05) is 37.6 Å².